The Morgan fingerprint density at radius 1 is 1.38 bits per heavy atom. The first-order chi connectivity index (χ1) is 7.39. The average molecular weight is 239 g/mol. The van der Waals surface area contributed by atoms with Gasteiger partial charge in [0.1, 0.15) is 0 Å². The van der Waals surface area contributed by atoms with Crippen molar-refractivity contribution < 1.29 is 4.79 Å². The minimum Gasteiger partial charge on any atom is -0.374 e. The second-order valence-corrected chi connectivity index (χ2v) is 5.35. The summed E-state index contributed by atoms with van der Waals surface area (Å²) in [7, 11) is 0. The number of nitrogens with one attached hydrogen (secondary N) is 1. The number of benzene rings is 1. The fourth-order valence-corrected chi connectivity index (χ4v) is 2.13. The number of amides is 1. The van der Waals surface area contributed by atoms with Crippen molar-refractivity contribution in [1.82, 2.24) is 0 Å². The minimum atomic E-state index is -0.237. The van der Waals surface area contributed by atoms with Crippen molar-refractivity contribution in [2.45, 2.75) is 26.3 Å². The Morgan fingerprint density at radius 3 is 2.69 bits per heavy atom. The number of rotatable bonds is 0. The van der Waals surface area contributed by atoms with Crippen LogP contribution < -0.4 is 10.2 Å². The number of anilines is 2. The number of nitrogens with zero attached hydrogens (tertiary/aromatic N) is 1. The molecule has 0 unspecified atom stereocenters. The van der Waals surface area contributed by atoms with Crippen LogP contribution >= 0.6 is 11.6 Å². The maximum atomic E-state index is 11.9. The molecule has 0 fully saturated rings. The largest absolute Gasteiger partial charge is 0.374 e. The van der Waals surface area contributed by atoms with Crippen LogP contribution in [0.15, 0.2) is 18.2 Å². The van der Waals surface area contributed by atoms with Gasteiger partial charge in [-0.1, -0.05) is 11.6 Å². The summed E-state index contributed by atoms with van der Waals surface area (Å²) in [4.78, 5) is 13.7. The molecule has 1 aliphatic rings. The fourth-order valence-electron chi connectivity index (χ4n) is 1.96. The molecule has 0 saturated carbocycles. The molecule has 1 aliphatic heterocycles. The van der Waals surface area contributed by atoms with Crippen LogP contribution in [0.3, 0.4) is 0 Å². The molecule has 0 bridgehead atoms. The van der Waals surface area contributed by atoms with Gasteiger partial charge in [-0.2, -0.15) is 0 Å². The maximum Gasteiger partial charge on any atom is 0.246 e. The molecule has 0 saturated heterocycles. The molecule has 3 nitrogen and oxygen atoms in total. The van der Waals surface area contributed by atoms with Crippen molar-refractivity contribution in [3.8, 4) is 0 Å². The highest BCUT2D eigenvalue weighted by Gasteiger charge is 2.32. The molecule has 1 aromatic carbocycles. The van der Waals surface area contributed by atoms with Gasteiger partial charge in [-0.05, 0) is 39.0 Å². The molecule has 16 heavy (non-hydrogen) atoms. The van der Waals surface area contributed by atoms with Crippen LogP contribution in [0.1, 0.15) is 20.8 Å². The van der Waals surface area contributed by atoms with Gasteiger partial charge in [0.05, 0.1) is 17.9 Å². The number of hydrogen-bond donors (Lipinski definition) is 1. The van der Waals surface area contributed by atoms with E-state index >= 15 is 0 Å². The molecule has 1 aromatic rings. The summed E-state index contributed by atoms with van der Waals surface area (Å²) in [6.45, 7) is 6.38. The molecule has 0 aromatic heterocycles. The Morgan fingerprint density at radius 2 is 2.06 bits per heavy atom. The van der Waals surface area contributed by atoms with E-state index in [0.717, 1.165) is 11.4 Å². The predicted octanol–water partition coefficient (Wildman–Crippen LogP) is 2.90. The van der Waals surface area contributed by atoms with Crippen molar-refractivity contribution in [3.63, 3.8) is 0 Å². The van der Waals surface area contributed by atoms with Crippen molar-refractivity contribution >= 4 is 28.9 Å². The second kappa shape index (κ2) is 3.67. The number of carbonyl (C=O) groups is 1. The summed E-state index contributed by atoms with van der Waals surface area (Å²) in [5.41, 5.74) is 1.58. The van der Waals surface area contributed by atoms with Gasteiger partial charge in [-0.15, -0.1) is 0 Å². The van der Waals surface area contributed by atoms with E-state index in [4.69, 9.17) is 11.6 Å². The molecule has 1 heterocycles. The average Bonchev–Trinajstić information content (AvgIpc) is 2.14. The fraction of sp³-hybridized carbons (Fsp3) is 0.417. The number of carbonyl (C=O) groups excluding carboxylic acids is 1. The smallest absolute Gasteiger partial charge is 0.246 e. The monoisotopic (exact) mass is 238 g/mol. The van der Waals surface area contributed by atoms with E-state index in [-0.39, 0.29) is 11.4 Å². The molecular weight excluding hydrogens is 224 g/mol. The van der Waals surface area contributed by atoms with E-state index in [1.807, 2.05) is 39.0 Å². The standard InChI is InChI=1S/C12H15ClN2O/c1-12(2,3)15-10-6-8(13)4-5-9(10)14-7-11(15)16/h4-6,14H,7H2,1-3H3. The lowest BCUT2D eigenvalue weighted by Gasteiger charge is -2.40. The molecular formula is C12H15ClN2O. The zero-order valence-electron chi connectivity index (χ0n) is 9.67. The van der Waals surface area contributed by atoms with E-state index in [1.54, 1.807) is 4.90 Å². The zero-order chi connectivity index (χ0) is 11.9. The Balaban J connectivity index is 2.55. The second-order valence-electron chi connectivity index (χ2n) is 4.91. The lowest BCUT2D eigenvalue weighted by molar-refractivity contribution is -0.118. The van der Waals surface area contributed by atoms with Crippen molar-refractivity contribution in [2.75, 3.05) is 16.8 Å². The van der Waals surface area contributed by atoms with Gasteiger partial charge in [0.15, 0.2) is 0 Å². The Labute approximate surface area is 100 Å². The van der Waals surface area contributed by atoms with Gasteiger partial charge in [-0.25, -0.2) is 0 Å². The van der Waals surface area contributed by atoms with Crippen LogP contribution in [0.4, 0.5) is 11.4 Å². The van der Waals surface area contributed by atoms with E-state index in [0.29, 0.717) is 11.6 Å². The van der Waals surface area contributed by atoms with Gasteiger partial charge in [0.2, 0.25) is 5.91 Å². The Bertz CT molecular complexity index is 437. The number of fused-ring (bicyclic) bond motifs is 1. The van der Waals surface area contributed by atoms with E-state index in [1.165, 1.54) is 0 Å². The lowest BCUT2D eigenvalue weighted by Crippen LogP contribution is -2.50. The Hall–Kier alpha value is -1.22. The highest BCUT2D eigenvalue weighted by molar-refractivity contribution is 6.31. The summed E-state index contributed by atoms with van der Waals surface area (Å²) in [6.07, 6.45) is 0. The lowest BCUT2D eigenvalue weighted by atomic mass is 10.0. The molecule has 0 spiro atoms. The van der Waals surface area contributed by atoms with Crippen LogP contribution in [0.25, 0.3) is 0 Å². The van der Waals surface area contributed by atoms with Crippen LogP contribution in [-0.4, -0.2) is 18.0 Å². The van der Waals surface area contributed by atoms with Crippen molar-refractivity contribution in [3.05, 3.63) is 23.2 Å². The van der Waals surface area contributed by atoms with Gasteiger partial charge in [0, 0.05) is 10.6 Å². The SMILES string of the molecule is CC(C)(C)N1C(=O)CNc2ccc(Cl)cc21. The topological polar surface area (TPSA) is 32.3 Å². The van der Waals surface area contributed by atoms with Crippen molar-refractivity contribution in [2.24, 2.45) is 0 Å². The van der Waals surface area contributed by atoms with E-state index in [2.05, 4.69) is 5.32 Å². The van der Waals surface area contributed by atoms with Crippen LogP contribution in [0.2, 0.25) is 5.02 Å². The van der Waals surface area contributed by atoms with Crippen LogP contribution in [0.5, 0.6) is 0 Å². The normalized spacial score (nSPS) is 15.8. The molecule has 1 amide bonds. The number of halogens is 1. The molecule has 86 valence electrons. The van der Waals surface area contributed by atoms with Gasteiger partial charge in [0.25, 0.3) is 0 Å². The van der Waals surface area contributed by atoms with E-state index in [9.17, 15) is 4.79 Å². The summed E-state index contributed by atoms with van der Waals surface area (Å²) < 4.78 is 0. The Kier molecular flexibility index (Phi) is 2.58. The van der Waals surface area contributed by atoms with E-state index < -0.39 is 0 Å². The summed E-state index contributed by atoms with van der Waals surface area (Å²) in [5, 5.41) is 3.73. The third-order valence-corrected chi connectivity index (χ3v) is 2.79. The third-order valence-electron chi connectivity index (χ3n) is 2.55. The summed E-state index contributed by atoms with van der Waals surface area (Å²) in [6, 6.07) is 5.55. The first kappa shape index (κ1) is 11.3. The van der Waals surface area contributed by atoms with Gasteiger partial charge < -0.3 is 10.2 Å². The summed E-state index contributed by atoms with van der Waals surface area (Å²) >= 11 is 5.97. The molecule has 1 N–H and O–H groups in total. The van der Waals surface area contributed by atoms with Crippen LogP contribution in [-0.2, 0) is 4.79 Å². The third kappa shape index (κ3) is 1.87. The molecule has 0 radical (unpaired) electrons. The predicted molar refractivity (Wildman–Crippen MR) is 67.2 cm³/mol. The maximum absolute atomic E-state index is 11.9. The first-order valence-corrected chi connectivity index (χ1v) is 5.64. The quantitative estimate of drug-likeness (QED) is 0.754. The van der Waals surface area contributed by atoms with Gasteiger partial charge in [-0.3, -0.25) is 4.79 Å². The molecule has 4 heteroatoms. The number of hydrogen-bond acceptors (Lipinski definition) is 2. The molecule has 0 aliphatic carbocycles. The van der Waals surface area contributed by atoms with Gasteiger partial charge >= 0.3 is 0 Å². The highest BCUT2D eigenvalue weighted by atomic mass is 35.5. The zero-order valence-corrected chi connectivity index (χ0v) is 10.4. The first-order valence-electron chi connectivity index (χ1n) is 5.26. The molecule has 0 atom stereocenters. The van der Waals surface area contributed by atoms with Crippen LogP contribution in [0, 0.1) is 0 Å². The molecule has 2 rings (SSSR count). The minimum absolute atomic E-state index is 0.0715. The van der Waals surface area contributed by atoms with Crippen molar-refractivity contribution in [1.29, 1.82) is 0 Å². The highest BCUT2D eigenvalue weighted by Crippen LogP contribution is 2.36. The summed E-state index contributed by atoms with van der Waals surface area (Å²) in [5.74, 6) is 0.0715.